The van der Waals surface area contributed by atoms with Gasteiger partial charge in [-0.3, -0.25) is 0 Å². The fourth-order valence-corrected chi connectivity index (χ4v) is 1.91. The predicted octanol–water partition coefficient (Wildman–Crippen LogP) is 3.51. The molecule has 12 heavy (non-hydrogen) atoms. The second-order valence-electron chi connectivity index (χ2n) is 3.62. The summed E-state index contributed by atoms with van der Waals surface area (Å²) in [4.78, 5) is 0. The summed E-state index contributed by atoms with van der Waals surface area (Å²) in [6, 6.07) is 0. The normalized spacial score (nSPS) is 28.5. The van der Waals surface area contributed by atoms with E-state index in [9.17, 15) is 0 Å². The molecule has 0 saturated heterocycles. The van der Waals surface area contributed by atoms with Gasteiger partial charge in [0.1, 0.15) is 6.10 Å². The maximum absolute atomic E-state index is 5.60. The predicted molar refractivity (Wildman–Crippen MR) is 51.9 cm³/mol. The summed E-state index contributed by atoms with van der Waals surface area (Å²) >= 11 is 0. The van der Waals surface area contributed by atoms with Gasteiger partial charge in [-0.05, 0) is 31.3 Å². The first kappa shape index (κ1) is 9.63. The van der Waals surface area contributed by atoms with Crippen molar-refractivity contribution in [3.05, 3.63) is 12.3 Å². The molecule has 70 valence electrons. The highest BCUT2D eigenvalue weighted by atomic mass is 16.5. The van der Waals surface area contributed by atoms with E-state index in [0.717, 1.165) is 5.92 Å². The smallest absolute Gasteiger partial charge is 0.101 e. The van der Waals surface area contributed by atoms with Crippen molar-refractivity contribution < 1.29 is 4.74 Å². The Kier molecular flexibility index (Phi) is 4.20. The van der Waals surface area contributed by atoms with Crippen molar-refractivity contribution in [2.75, 3.05) is 0 Å². The van der Waals surface area contributed by atoms with Crippen molar-refractivity contribution in [2.24, 2.45) is 5.92 Å². The first-order chi connectivity index (χ1) is 5.88. The van der Waals surface area contributed by atoms with Gasteiger partial charge in [0.25, 0.3) is 0 Å². The van der Waals surface area contributed by atoms with Gasteiger partial charge < -0.3 is 4.74 Å². The lowest BCUT2D eigenvalue weighted by molar-refractivity contribution is 0.0597. The third-order valence-electron chi connectivity index (χ3n) is 2.55. The molecule has 0 aromatic heterocycles. The Hall–Kier alpha value is -0.460. The molecular formula is C11H20O. The molecule has 0 amide bonds. The minimum absolute atomic E-state index is 0.500. The highest BCUT2D eigenvalue weighted by Gasteiger charge is 2.21. The van der Waals surface area contributed by atoms with Gasteiger partial charge in [0, 0.05) is 0 Å². The van der Waals surface area contributed by atoms with Gasteiger partial charge in [-0.15, -0.1) is 0 Å². The summed E-state index contributed by atoms with van der Waals surface area (Å²) in [6.45, 7) is 4.48. The summed E-state index contributed by atoms with van der Waals surface area (Å²) < 4.78 is 5.60. The lowest BCUT2D eigenvalue weighted by Gasteiger charge is -2.28. The zero-order valence-electron chi connectivity index (χ0n) is 8.25. The van der Waals surface area contributed by atoms with Gasteiger partial charge in [-0.25, -0.2) is 0 Å². The van der Waals surface area contributed by atoms with Gasteiger partial charge in [0.2, 0.25) is 0 Å². The van der Waals surface area contributed by atoms with Crippen LogP contribution in [0.3, 0.4) is 0 Å². The van der Waals surface area contributed by atoms with Crippen LogP contribution in [0.15, 0.2) is 12.3 Å². The van der Waals surface area contributed by atoms with Crippen LogP contribution < -0.4 is 0 Å². The van der Waals surface area contributed by atoms with E-state index < -0.39 is 0 Å². The Labute approximate surface area is 75.8 Å². The Morgan fingerprint density at radius 2 is 2.00 bits per heavy atom. The van der Waals surface area contributed by atoms with Crippen molar-refractivity contribution in [2.45, 2.75) is 52.1 Å². The van der Waals surface area contributed by atoms with Crippen LogP contribution in [0.1, 0.15) is 46.0 Å². The van der Waals surface area contributed by atoms with Crippen molar-refractivity contribution in [3.8, 4) is 0 Å². The van der Waals surface area contributed by atoms with Crippen LogP contribution in [0.25, 0.3) is 0 Å². The Morgan fingerprint density at radius 3 is 2.67 bits per heavy atom. The number of rotatable bonds is 4. The van der Waals surface area contributed by atoms with Crippen LogP contribution in [-0.2, 0) is 4.74 Å². The molecule has 1 nitrogen and oxygen atoms in total. The lowest BCUT2D eigenvalue weighted by atomic mass is 9.90. The topological polar surface area (TPSA) is 9.23 Å². The van der Waals surface area contributed by atoms with Crippen molar-refractivity contribution in [1.82, 2.24) is 0 Å². The summed E-state index contributed by atoms with van der Waals surface area (Å²) in [5, 5.41) is 0. The molecule has 0 aromatic carbocycles. The minimum Gasteiger partial charge on any atom is -0.498 e. The van der Waals surface area contributed by atoms with Gasteiger partial charge in [-0.2, -0.15) is 0 Å². The third-order valence-corrected chi connectivity index (χ3v) is 2.55. The van der Waals surface area contributed by atoms with E-state index in [-0.39, 0.29) is 0 Å². The molecule has 1 heterocycles. The zero-order valence-corrected chi connectivity index (χ0v) is 8.25. The fourth-order valence-electron chi connectivity index (χ4n) is 1.91. The standard InChI is InChI=1S/C11H20O/c1-3-6-10-8-5-9-12-11(10)7-4-2/h5,9-11H,3-4,6-8H2,1-2H3. The van der Waals surface area contributed by atoms with Crippen LogP contribution in [-0.4, -0.2) is 6.10 Å². The average molecular weight is 168 g/mol. The monoisotopic (exact) mass is 168 g/mol. The molecule has 0 saturated carbocycles. The summed E-state index contributed by atoms with van der Waals surface area (Å²) in [5.74, 6) is 0.778. The lowest BCUT2D eigenvalue weighted by Crippen LogP contribution is -2.24. The molecule has 0 spiro atoms. The van der Waals surface area contributed by atoms with Crippen LogP contribution in [0, 0.1) is 5.92 Å². The maximum atomic E-state index is 5.60. The molecule has 2 atom stereocenters. The van der Waals surface area contributed by atoms with Gasteiger partial charge in [0.15, 0.2) is 0 Å². The number of hydrogen-bond acceptors (Lipinski definition) is 1. The number of allylic oxidation sites excluding steroid dienone is 1. The van der Waals surface area contributed by atoms with E-state index in [2.05, 4.69) is 19.9 Å². The highest BCUT2D eigenvalue weighted by molar-refractivity contribution is 4.87. The molecule has 0 aromatic rings. The van der Waals surface area contributed by atoms with Crippen LogP contribution in [0.4, 0.5) is 0 Å². The molecule has 0 bridgehead atoms. The molecular weight excluding hydrogens is 148 g/mol. The molecule has 1 rings (SSSR count). The molecule has 2 unspecified atom stereocenters. The minimum atomic E-state index is 0.500. The zero-order chi connectivity index (χ0) is 8.81. The number of ether oxygens (including phenoxy) is 1. The summed E-state index contributed by atoms with van der Waals surface area (Å²) in [6.07, 6.45) is 10.8. The average Bonchev–Trinajstić information content (AvgIpc) is 2.09. The van der Waals surface area contributed by atoms with E-state index >= 15 is 0 Å². The maximum Gasteiger partial charge on any atom is 0.101 e. The van der Waals surface area contributed by atoms with E-state index in [0.29, 0.717) is 6.10 Å². The van der Waals surface area contributed by atoms with Crippen molar-refractivity contribution >= 4 is 0 Å². The van der Waals surface area contributed by atoms with Crippen molar-refractivity contribution in [1.29, 1.82) is 0 Å². The van der Waals surface area contributed by atoms with Crippen LogP contribution in [0.5, 0.6) is 0 Å². The SMILES string of the molecule is CCCC1CC=COC1CCC. The van der Waals surface area contributed by atoms with E-state index in [1.54, 1.807) is 0 Å². The Morgan fingerprint density at radius 1 is 1.25 bits per heavy atom. The van der Waals surface area contributed by atoms with Gasteiger partial charge >= 0.3 is 0 Å². The molecule has 1 aliphatic rings. The number of hydrogen-bond donors (Lipinski definition) is 0. The molecule has 1 aliphatic heterocycles. The second-order valence-corrected chi connectivity index (χ2v) is 3.62. The van der Waals surface area contributed by atoms with E-state index in [1.165, 1.54) is 32.1 Å². The van der Waals surface area contributed by atoms with E-state index in [1.807, 2.05) is 6.26 Å². The van der Waals surface area contributed by atoms with Crippen LogP contribution in [0.2, 0.25) is 0 Å². The summed E-state index contributed by atoms with van der Waals surface area (Å²) in [7, 11) is 0. The molecule has 0 radical (unpaired) electrons. The quantitative estimate of drug-likeness (QED) is 0.624. The third kappa shape index (κ3) is 2.54. The molecule has 1 heteroatoms. The van der Waals surface area contributed by atoms with E-state index in [4.69, 9.17) is 4.74 Å². The molecule has 0 aliphatic carbocycles. The molecule has 0 fully saturated rings. The Bertz CT molecular complexity index is 124. The first-order valence-corrected chi connectivity index (χ1v) is 5.19. The Balaban J connectivity index is 2.39. The van der Waals surface area contributed by atoms with Gasteiger partial charge in [0.05, 0.1) is 6.26 Å². The van der Waals surface area contributed by atoms with Gasteiger partial charge in [-0.1, -0.05) is 26.7 Å². The first-order valence-electron chi connectivity index (χ1n) is 5.19. The summed E-state index contributed by atoms with van der Waals surface area (Å²) in [5.41, 5.74) is 0. The molecule has 0 N–H and O–H groups in total. The fraction of sp³-hybridized carbons (Fsp3) is 0.818. The van der Waals surface area contributed by atoms with Crippen LogP contribution >= 0.6 is 0 Å². The van der Waals surface area contributed by atoms with Crippen molar-refractivity contribution in [3.63, 3.8) is 0 Å². The highest BCUT2D eigenvalue weighted by Crippen LogP contribution is 2.26. The second kappa shape index (κ2) is 5.23. The largest absolute Gasteiger partial charge is 0.498 e.